The Bertz CT molecular complexity index is 589. The van der Waals surface area contributed by atoms with E-state index in [0.717, 1.165) is 26.2 Å². The SMILES string of the molecule is CCOc1ccc(NC(=O)NCC(C(C)C)N2CCN(C)CC2)cc1Cl. The van der Waals surface area contributed by atoms with Gasteiger partial charge in [-0.15, -0.1) is 0 Å². The monoisotopic (exact) mass is 382 g/mol. The van der Waals surface area contributed by atoms with Crippen LogP contribution in [0.25, 0.3) is 0 Å². The van der Waals surface area contributed by atoms with Crippen LogP contribution in [0.2, 0.25) is 5.02 Å². The second-order valence-electron chi connectivity index (χ2n) is 7.06. The third kappa shape index (κ3) is 6.04. The first-order valence-corrected chi connectivity index (χ1v) is 9.68. The van der Waals surface area contributed by atoms with E-state index in [1.54, 1.807) is 18.2 Å². The number of anilines is 1. The lowest BCUT2D eigenvalue weighted by Crippen LogP contribution is -2.54. The number of carbonyl (C=O) groups is 1. The highest BCUT2D eigenvalue weighted by atomic mass is 35.5. The van der Waals surface area contributed by atoms with Gasteiger partial charge in [0.05, 0.1) is 11.6 Å². The van der Waals surface area contributed by atoms with Gasteiger partial charge in [0.25, 0.3) is 0 Å². The minimum absolute atomic E-state index is 0.218. The van der Waals surface area contributed by atoms with E-state index in [1.165, 1.54) is 0 Å². The Morgan fingerprint density at radius 1 is 1.27 bits per heavy atom. The average molecular weight is 383 g/mol. The maximum atomic E-state index is 12.3. The van der Waals surface area contributed by atoms with Crippen LogP contribution in [0.1, 0.15) is 20.8 Å². The zero-order chi connectivity index (χ0) is 19.1. The number of hydrogen-bond acceptors (Lipinski definition) is 4. The number of halogens is 1. The lowest BCUT2D eigenvalue weighted by Gasteiger charge is -2.39. The van der Waals surface area contributed by atoms with Crippen LogP contribution in [0, 0.1) is 5.92 Å². The molecule has 6 nitrogen and oxygen atoms in total. The molecule has 2 amide bonds. The molecule has 0 bridgehead atoms. The molecule has 1 atom stereocenters. The molecule has 2 rings (SSSR count). The molecule has 146 valence electrons. The maximum Gasteiger partial charge on any atom is 0.319 e. The lowest BCUT2D eigenvalue weighted by molar-refractivity contribution is 0.0890. The van der Waals surface area contributed by atoms with Crippen LogP contribution < -0.4 is 15.4 Å². The van der Waals surface area contributed by atoms with Crippen LogP contribution in [0.4, 0.5) is 10.5 Å². The van der Waals surface area contributed by atoms with Gasteiger partial charge in [0, 0.05) is 44.5 Å². The average Bonchev–Trinajstić information content (AvgIpc) is 2.59. The maximum absolute atomic E-state index is 12.3. The number of urea groups is 1. The number of benzene rings is 1. The zero-order valence-corrected chi connectivity index (χ0v) is 17.0. The van der Waals surface area contributed by atoms with Gasteiger partial charge in [-0.2, -0.15) is 0 Å². The van der Waals surface area contributed by atoms with E-state index < -0.39 is 0 Å². The summed E-state index contributed by atoms with van der Waals surface area (Å²) < 4.78 is 5.41. The zero-order valence-electron chi connectivity index (χ0n) is 16.2. The molecule has 1 fully saturated rings. The summed E-state index contributed by atoms with van der Waals surface area (Å²) in [6.45, 7) is 11.7. The number of nitrogens with zero attached hydrogens (tertiary/aromatic N) is 2. The number of likely N-dealkylation sites (N-methyl/N-ethyl adjacent to an activating group) is 1. The van der Waals surface area contributed by atoms with Crippen LogP contribution in [0.15, 0.2) is 18.2 Å². The van der Waals surface area contributed by atoms with Crippen molar-refractivity contribution in [2.45, 2.75) is 26.8 Å². The quantitative estimate of drug-likeness (QED) is 0.760. The number of amides is 2. The van der Waals surface area contributed by atoms with Gasteiger partial charge in [0.15, 0.2) is 0 Å². The molecule has 1 unspecified atom stereocenters. The highest BCUT2D eigenvalue weighted by Crippen LogP contribution is 2.27. The fraction of sp³-hybridized carbons (Fsp3) is 0.632. The fourth-order valence-electron chi connectivity index (χ4n) is 3.16. The summed E-state index contributed by atoms with van der Waals surface area (Å²) in [6, 6.07) is 5.37. The van der Waals surface area contributed by atoms with E-state index >= 15 is 0 Å². The van der Waals surface area contributed by atoms with Gasteiger partial charge in [0.1, 0.15) is 5.75 Å². The first-order chi connectivity index (χ1) is 12.4. The molecule has 0 spiro atoms. The number of hydrogen-bond donors (Lipinski definition) is 2. The molecule has 1 aliphatic heterocycles. The Morgan fingerprint density at radius 2 is 1.96 bits per heavy atom. The second-order valence-corrected chi connectivity index (χ2v) is 7.47. The Balaban J connectivity index is 1.87. The summed E-state index contributed by atoms with van der Waals surface area (Å²) >= 11 is 6.17. The molecule has 0 aromatic heterocycles. The number of ether oxygens (including phenoxy) is 1. The van der Waals surface area contributed by atoms with Crippen molar-refractivity contribution in [3.05, 3.63) is 23.2 Å². The van der Waals surface area contributed by atoms with Crippen molar-refractivity contribution in [3.63, 3.8) is 0 Å². The summed E-state index contributed by atoms with van der Waals surface area (Å²) in [4.78, 5) is 17.1. The highest BCUT2D eigenvalue weighted by molar-refractivity contribution is 6.32. The molecule has 1 saturated heterocycles. The Labute approximate surface area is 161 Å². The minimum atomic E-state index is -0.218. The van der Waals surface area contributed by atoms with Gasteiger partial charge < -0.3 is 20.3 Å². The Morgan fingerprint density at radius 3 is 2.54 bits per heavy atom. The summed E-state index contributed by atoms with van der Waals surface area (Å²) in [5, 5.41) is 6.33. The number of piperazine rings is 1. The van der Waals surface area contributed by atoms with Crippen LogP contribution in [0.3, 0.4) is 0 Å². The largest absolute Gasteiger partial charge is 0.492 e. The molecule has 2 N–H and O–H groups in total. The smallest absolute Gasteiger partial charge is 0.319 e. The van der Waals surface area contributed by atoms with Gasteiger partial charge in [-0.05, 0) is 38.1 Å². The first kappa shape index (κ1) is 20.8. The van der Waals surface area contributed by atoms with Crippen molar-refractivity contribution in [2.24, 2.45) is 5.92 Å². The van der Waals surface area contributed by atoms with Gasteiger partial charge in [0.2, 0.25) is 0 Å². The van der Waals surface area contributed by atoms with Crippen molar-refractivity contribution in [3.8, 4) is 5.75 Å². The van der Waals surface area contributed by atoms with E-state index in [0.29, 0.717) is 41.6 Å². The molecule has 0 saturated carbocycles. The summed E-state index contributed by atoms with van der Waals surface area (Å²) in [5.41, 5.74) is 0.650. The van der Waals surface area contributed by atoms with Crippen molar-refractivity contribution in [1.82, 2.24) is 15.1 Å². The van der Waals surface area contributed by atoms with E-state index in [1.807, 2.05) is 6.92 Å². The number of rotatable bonds is 7. The Kier molecular flexibility index (Phi) is 8.00. The molecule has 0 aliphatic carbocycles. The summed E-state index contributed by atoms with van der Waals surface area (Å²) in [7, 11) is 2.15. The third-order valence-corrected chi connectivity index (χ3v) is 5.03. The van der Waals surface area contributed by atoms with Crippen LogP contribution >= 0.6 is 11.6 Å². The highest BCUT2D eigenvalue weighted by Gasteiger charge is 2.25. The first-order valence-electron chi connectivity index (χ1n) is 9.30. The van der Waals surface area contributed by atoms with E-state index in [2.05, 4.69) is 41.3 Å². The van der Waals surface area contributed by atoms with Crippen LogP contribution in [-0.2, 0) is 0 Å². The molecule has 1 aliphatic rings. The van der Waals surface area contributed by atoms with E-state index in [9.17, 15) is 4.79 Å². The van der Waals surface area contributed by atoms with Crippen LogP contribution in [-0.4, -0.2) is 68.3 Å². The third-order valence-electron chi connectivity index (χ3n) is 4.74. The minimum Gasteiger partial charge on any atom is -0.492 e. The van der Waals surface area contributed by atoms with Gasteiger partial charge in [-0.25, -0.2) is 4.79 Å². The fourth-order valence-corrected chi connectivity index (χ4v) is 3.40. The van der Waals surface area contributed by atoms with Crippen molar-refractivity contribution in [1.29, 1.82) is 0 Å². The van der Waals surface area contributed by atoms with E-state index in [4.69, 9.17) is 16.3 Å². The summed E-state index contributed by atoms with van der Waals surface area (Å²) in [6.07, 6.45) is 0. The van der Waals surface area contributed by atoms with Crippen molar-refractivity contribution < 1.29 is 9.53 Å². The van der Waals surface area contributed by atoms with Gasteiger partial charge >= 0.3 is 6.03 Å². The molecule has 1 aromatic rings. The summed E-state index contributed by atoms with van der Waals surface area (Å²) in [5.74, 6) is 1.09. The van der Waals surface area contributed by atoms with Gasteiger partial charge in [-0.3, -0.25) is 4.90 Å². The second kappa shape index (κ2) is 10.00. The molecule has 0 radical (unpaired) electrons. The molecule has 7 heteroatoms. The number of nitrogens with one attached hydrogen (secondary N) is 2. The molecular weight excluding hydrogens is 352 g/mol. The van der Waals surface area contributed by atoms with Crippen molar-refractivity contribution >= 4 is 23.3 Å². The molecular formula is C19H31ClN4O2. The topological polar surface area (TPSA) is 56.8 Å². The molecule has 26 heavy (non-hydrogen) atoms. The number of carbonyl (C=O) groups excluding carboxylic acids is 1. The van der Waals surface area contributed by atoms with E-state index in [-0.39, 0.29) is 6.03 Å². The molecule has 1 aromatic carbocycles. The standard InChI is InChI=1S/C19H31ClN4O2/c1-5-26-18-7-6-15(12-16(18)20)22-19(25)21-13-17(14(2)3)24-10-8-23(4)9-11-24/h6-7,12,14,17H,5,8-11,13H2,1-4H3,(H2,21,22,25). The molecule has 1 heterocycles. The Hall–Kier alpha value is -1.50. The van der Waals surface area contributed by atoms with Crippen molar-refractivity contribution in [2.75, 3.05) is 51.7 Å². The van der Waals surface area contributed by atoms with Crippen LogP contribution in [0.5, 0.6) is 5.75 Å². The predicted octanol–water partition coefficient (Wildman–Crippen LogP) is 3.13. The predicted molar refractivity (Wildman–Crippen MR) is 107 cm³/mol. The lowest BCUT2D eigenvalue weighted by atomic mass is 10.0. The normalized spacial score (nSPS) is 17.2. The van der Waals surface area contributed by atoms with Gasteiger partial charge in [-0.1, -0.05) is 25.4 Å².